The quantitative estimate of drug-likeness (QED) is 0.810. The average molecular weight is 351 g/mol. The summed E-state index contributed by atoms with van der Waals surface area (Å²) < 4.78 is 5.29. The van der Waals surface area contributed by atoms with Gasteiger partial charge in [-0.15, -0.1) is 24.8 Å². The number of nitrogens with zero attached hydrogens (tertiary/aromatic N) is 2. The van der Waals surface area contributed by atoms with Crippen LogP contribution in [-0.4, -0.2) is 24.4 Å². The number of ether oxygens (including phenoxy) is 1. The molecular weight excluding hydrogens is 331 g/mol. The molecule has 1 aliphatic rings. The zero-order chi connectivity index (χ0) is 14.5. The second-order valence-corrected chi connectivity index (χ2v) is 5.02. The van der Waals surface area contributed by atoms with Gasteiger partial charge < -0.3 is 4.74 Å². The Morgan fingerprint density at radius 1 is 1.13 bits per heavy atom. The van der Waals surface area contributed by atoms with Crippen LogP contribution < -0.4 is 4.74 Å². The average Bonchev–Trinajstić information content (AvgIpc) is 2.56. The van der Waals surface area contributed by atoms with Gasteiger partial charge in [0.2, 0.25) is 0 Å². The molecule has 0 amide bonds. The van der Waals surface area contributed by atoms with Crippen LogP contribution in [0.4, 0.5) is 0 Å². The number of rotatable bonds is 3. The monoisotopic (exact) mass is 350 g/mol. The summed E-state index contributed by atoms with van der Waals surface area (Å²) in [6.07, 6.45) is 8.01. The van der Waals surface area contributed by atoms with E-state index in [1.54, 1.807) is 13.3 Å². The summed E-state index contributed by atoms with van der Waals surface area (Å²) in [4.78, 5) is 8.90. The van der Waals surface area contributed by atoms with Gasteiger partial charge in [0, 0.05) is 24.5 Å². The molecule has 3 rings (SSSR count). The smallest absolute Gasteiger partial charge is 0.119 e. The second-order valence-electron chi connectivity index (χ2n) is 5.02. The van der Waals surface area contributed by atoms with E-state index < -0.39 is 0 Å². The lowest BCUT2D eigenvalue weighted by Crippen LogP contribution is -2.11. The van der Waals surface area contributed by atoms with E-state index in [-0.39, 0.29) is 24.8 Å². The van der Waals surface area contributed by atoms with Crippen molar-refractivity contribution in [2.24, 2.45) is 4.99 Å². The molecule has 0 unspecified atom stereocenters. The Morgan fingerprint density at radius 3 is 2.74 bits per heavy atom. The number of pyridine rings is 1. The van der Waals surface area contributed by atoms with Gasteiger partial charge in [-0.05, 0) is 54.3 Å². The van der Waals surface area contributed by atoms with Gasteiger partial charge in [-0.25, -0.2) is 0 Å². The lowest BCUT2D eigenvalue weighted by molar-refractivity contribution is 0.414. The Balaban J connectivity index is 0.00000132. The van der Waals surface area contributed by atoms with Crippen LogP contribution in [0.15, 0.2) is 59.4 Å². The number of halogens is 2. The second kappa shape index (κ2) is 9.33. The molecule has 23 heavy (non-hydrogen) atoms. The van der Waals surface area contributed by atoms with E-state index in [1.165, 1.54) is 5.57 Å². The van der Waals surface area contributed by atoms with E-state index in [2.05, 4.69) is 23.2 Å². The first-order valence-corrected chi connectivity index (χ1v) is 7.16. The molecule has 0 spiro atoms. The van der Waals surface area contributed by atoms with Crippen molar-refractivity contribution in [2.45, 2.75) is 12.8 Å². The zero-order valence-corrected chi connectivity index (χ0v) is 14.6. The highest BCUT2D eigenvalue weighted by molar-refractivity contribution is 6.15. The van der Waals surface area contributed by atoms with E-state index in [1.807, 2.05) is 30.5 Å². The largest absolute Gasteiger partial charge is 0.497 e. The summed E-state index contributed by atoms with van der Waals surface area (Å²) in [5.41, 5.74) is 4.56. The van der Waals surface area contributed by atoms with Crippen molar-refractivity contribution < 1.29 is 4.74 Å². The van der Waals surface area contributed by atoms with Gasteiger partial charge in [-0.2, -0.15) is 0 Å². The topological polar surface area (TPSA) is 34.5 Å². The van der Waals surface area contributed by atoms with E-state index in [0.29, 0.717) is 0 Å². The molecule has 0 saturated carbocycles. The van der Waals surface area contributed by atoms with Gasteiger partial charge in [-0.3, -0.25) is 9.98 Å². The highest BCUT2D eigenvalue weighted by atomic mass is 35.5. The van der Waals surface area contributed by atoms with Crippen molar-refractivity contribution in [1.82, 2.24) is 4.98 Å². The van der Waals surface area contributed by atoms with Crippen molar-refractivity contribution in [3.63, 3.8) is 0 Å². The van der Waals surface area contributed by atoms with E-state index in [9.17, 15) is 0 Å². The maximum atomic E-state index is 5.29. The minimum absolute atomic E-state index is 0. The zero-order valence-electron chi connectivity index (χ0n) is 12.9. The molecule has 2 aromatic rings. The molecule has 3 nitrogen and oxygen atoms in total. The molecule has 0 atom stereocenters. The predicted octanol–water partition coefficient (Wildman–Crippen LogP) is 4.60. The van der Waals surface area contributed by atoms with Crippen LogP contribution >= 0.6 is 24.8 Å². The molecule has 0 fully saturated rings. The third-order valence-corrected chi connectivity index (χ3v) is 3.55. The van der Waals surface area contributed by atoms with Gasteiger partial charge in [0.05, 0.1) is 12.8 Å². The number of aliphatic imine (C=N–C) groups is 1. The summed E-state index contributed by atoms with van der Waals surface area (Å²) in [6, 6.07) is 12.1. The molecule has 1 aromatic heterocycles. The predicted molar refractivity (Wildman–Crippen MR) is 100 cm³/mol. The third-order valence-electron chi connectivity index (χ3n) is 3.55. The van der Waals surface area contributed by atoms with Crippen molar-refractivity contribution in [2.75, 3.05) is 13.7 Å². The van der Waals surface area contributed by atoms with Gasteiger partial charge in [0.1, 0.15) is 5.75 Å². The Labute approximate surface area is 149 Å². The van der Waals surface area contributed by atoms with E-state index in [0.717, 1.165) is 42.0 Å². The minimum Gasteiger partial charge on any atom is -0.497 e. The highest BCUT2D eigenvalue weighted by Gasteiger charge is 2.14. The van der Waals surface area contributed by atoms with Crippen LogP contribution in [0.25, 0.3) is 6.08 Å². The first-order valence-electron chi connectivity index (χ1n) is 7.16. The number of allylic oxidation sites excluding steroid dienone is 1. The van der Waals surface area contributed by atoms with E-state index in [4.69, 9.17) is 9.73 Å². The molecule has 0 aliphatic carbocycles. The van der Waals surface area contributed by atoms with Crippen LogP contribution in [0.3, 0.4) is 0 Å². The maximum absolute atomic E-state index is 5.29. The third kappa shape index (κ3) is 4.81. The summed E-state index contributed by atoms with van der Waals surface area (Å²) in [7, 11) is 1.69. The molecule has 0 radical (unpaired) electrons. The van der Waals surface area contributed by atoms with Gasteiger partial charge in [0.25, 0.3) is 0 Å². The molecule has 1 aliphatic heterocycles. The van der Waals surface area contributed by atoms with Crippen LogP contribution in [0.5, 0.6) is 5.75 Å². The molecular formula is C18H20Cl2N2O. The first-order chi connectivity index (χ1) is 10.4. The fraction of sp³-hybridized carbons (Fsp3) is 0.222. The van der Waals surface area contributed by atoms with Crippen molar-refractivity contribution in [1.29, 1.82) is 0 Å². The summed E-state index contributed by atoms with van der Waals surface area (Å²) >= 11 is 0. The van der Waals surface area contributed by atoms with Gasteiger partial charge in [0.15, 0.2) is 0 Å². The lowest BCUT2D eigenvalue weighted by atomic mass is 9.95. The molecule has 0 saturated heterocycles. The number of benzene rings is 1. The molecule has 122 valence electrons. The fourth-order valence-electron chi connectivity index (χ4n) is 2.53. The van der Waals surface area contributed by atoms with Crippen molar-refractivity contribution in [3.8, 4) is 5.75 Å². The highest BCUT2D eigenvalue weighted by Crippen LogP contribution is 2.23. The van der Waals surface area contributed by atoms with Gasteiger partial charge in [-0.1, -0.05) is 12.1 Å². The molecule has 2 heterocycles. The summed E-state index contributed by atoms with van der Waals surface area (Å²) in [5, 5.41) is 0. The summed E-state index contributed by atoms with van der Waals surface area (Å²) in [5.74, 6) is 0.875. The van der Waals surface area contributed by atoms with Crippen molar-refractivity contribution in [3.05, 3.63) is 65.5 Å². The fourth-order valence-corrected chi connectivity index (χ4v) is 2.53. The Hall–Kier alpha value is -1.84. The normalized spacial score (nSPS) is 15.2. The van der Waals surface area contributed by atoms with Crippen LogP contribution in [-0.2, 0) is 0 Å². The number of methoxy groups -OCH3 is 1. The summed E-state index contributed by atoms with van der Waals surface area (Å²) in [6.45, 7) is 0.889. The van der Waals surface area contributed by atoms with Crippen molar-refractivity contribution >= 4 is 36.6 Å². The van der Waals surface area contributed by atoms with Crippen LogP contribution in [0, 0.1) is 0 Å². The molecule has 0 bridgehead atoms. The Kier molecular flexibility index (Phi) is 7.79. The van der Waals surface area contributed by atoms with Crippen LogP contribution in [0.2, 0.25) is 0 Å². The maximum Gasteiger partial charge on any atom is 0.119 e. The Bertz CT molecular complexity index is 684. The number of hydrogen-bond donors (Lipinski definition) is 0. The SMILES string of the molecule is COc1cccc(/C=C2\CCCN=C2c2cccnc2)c1.Cl.Cl. The lowest BCUT2D eigenvalue weighted by Gasteiger charge is -2.16. The molecule has 1 aromatic carbocycles. The molecule has 0 N–H and O–H groups in total. The Morgan fingerprint density at radius 2 is 2.00 bits per heavy atom. The van der Waals surface area contributed by atoms with Gasteiger partial charge >= 0.3 is 0 Å². The molecule has 5 heteroatoms. The van der Waals surface area contributed by atoms with Crippen LogP contribution in [0.1, 0.15) is 24.0 Å². The number of hydrogen-bond acceptors (Lipinski definition) is 3. The first kappa shape index (κ1) is 19.2. The minimum atomic E-state index is 0. The standard InChI is InChI=1S/C18H18N2O.2ClH/c1-21-17-8-2-5-14(12-17)11-15-6-4-10-20-18(15)16-7-3-9-19-13-16;;/h2-3,5,7-9,11-13H,4,6,10H2,1H3;2*1H/b15-11+;;. The van der Waals surface area contributed by atoms with E-state index >= 15 is 0 Å². The number of aromatic nitrogens is 1.